The van der Waals surface area contributed by atoms with E-state index in [1.165, 1.54) is 0 Å². The van der Waals surface area contributed by atoms with Gasteiger partial charge in [0.15, 0.2) is 11.5 Å². The van der Waals surface area contributed by atoms with Crippen LogP contribution in [0.4, 0.5) is 0 Å². The Morgan fingerprint density at radius 3 is 2.53 bits per heavy atom. The average molecular weight is 256 g/mol. The summed E-state index contributed by atoms with van der Waals surface area (Å²) in [7, 11) is 5.07. The van der Waals surface area contributed by atoms with Gasteiger partial charge in [0.2, 0.25) is 0 Å². The molecule has 0 saturated carbocycles. The monoisotopic (exact) mass is 255 g/mol. The summed E-state index contributed by atoms with van der Waals surface area (Å²) in [6, 6.07) is 4.04. The Hall–Kier alpha value is -1.19. The van der Waals surface area contributed by atoms with Gasteiger partial charge in [0.25, 0.3) is 0 Å². The maximum atomic E-state index is 6.24. The number of hydrogen-bond acceptors (Lipinski definition) is 3. The van der Waals surface area contributed by atoms with Crippen LogP contribution in [0.5, 0.6) is 11.5 Å². The molecule has 0 bridgehead atoms. The molecule has 0 heterocycles. The van der Waals surface area contributed by atoms with Gasteiger partial charge >= 0.3 is 0 Å². The van der Waals surface area contributed by atoms with Gasteiger partial charge in [-0.2, -0.15) is 0 Å². The summed E-state index contributed by atoms with van der Waals surface area (Å²) in [6.45, 7) is 2.06. The average Bonchev–Trinajstić information content (AvgIpc) is 2.36. The minimum Gasteiger partial charge on any atom is -0.493 e. The molecule has 0 saturated heterocycles. The lowest BCUT2D eigenvalue weighted by Crippen LogP contribution is -2.17. The fourth-order valence-electron chi connectivity index (χ4n) is 1.38. The van der Waals surface area contributed by atoms with Crippen molar-refractivity contribution in [3.8, 4) is 11.5 Å². The third-order valence-corrected chi connectivity index (χ3v) is 2.92. The Kier molecular flexibility index (Phi) is 5.32. The van der Waals surface area contributed by atoms with E-state index in [2.05, 4.69) is 12.2 Å². The molecule has 1 aromatic rings. The molecule has 0 aliphatic heterocycles. The lowest BCUT2D eigenvalue weighted by molar-refractivity contribution is 0.355. The van der Waals surface area contributed by atoms with Gasteiger partial charge in [0, 0.05) is 6.04 Å². The Morgan fingerprint density at radius 2 is 2.00 bits per heavy atom. The van der Waals surface area contributed by atoms with Crippen molar-refractivity contribution < 1.29 is 9.47 Å². The van der Waals surface area contributed by atoms with Gasteiger partial charge in [-0.05, 0) is 31.7 Å². The number of benzene rings is 1. The van der Waals surface area contributed by atoms with E-state index in [4.69, 9.17) is 21.1 Å². The molecular weight excluding hydrogens is 238 g/mol. The Bertz CT molecular complexity index is 405. The molecular formula is C13H18ClNO2. The van der Waals surface area contributed by atoms with E-state index < -0.39 is 0 Å². The van der Waals surface area contributed by atoms with Gasteiger partial charge in [-0.3, -0.25) is 0 Å². The van der Waals surface area contributed by atoms with Crippen molar-refractivity contribution in [3.05, 3.63) is 28.8 Å². The number of ether oxygens (including phenoxy) is 2. The summed E-state index contributed by atoms with van der Waals surface area (Å²) in [5.74, 6) is 1.20. The first kappa shape index (κ1) is 13.9. The molecule has 1 aromatic carbocycles. The minimum atomic E-state index is 0.291. The van der Waals surface area contributed by atoms with Crippen molar-refractivity contribution in [2.75, 3.05) is 21.3 Å². The van der Waals surface area contributed by atoms with E-state index in [0.29, 0.717) is 22.6 Å². The van der Waals surface area contributed by atoms with Crippen molar-refractivity contribution in [1.82, 2.24) is 5.32 Å². The first-order chi connectivity index (χ1) is 8.13. The van der Waals surface area contributed by atoms with Gasteiger partial charge in [-0.25, -0.2) is 0 Å². The normalized spacial score (nSPS) is 12.8. The lowest BCUT2D eigenvalue weighted by atomic mass is 10.1. The molecule has 4 heteroatoms. The highest BCUT2D eigenvalue weighted by Crippen LogP contribution is 2.37. The molecule has 0 aromatic heterocycles. The maximum Gasteiger partial charge on any atom is 0.179 e. The van der Waals surface area contributed by atoms with E-state index in [0.717, 1.165) is 5.56 Å². The number of methoxy groups -OCH3 is 2. The predicted octanol–water partition coefficient (Wildman–Crippen LogP) is 2.98. The van der Waals surface area contributed by atoms with E-state index in [1.807, 2.05) is 31.3 Å². The second-order valence-electron chi connectivity index (χ2n) is 3.64. The number of hydrogen-bond donors (Lipinski definition) is 1. The first-order valence-electron chi connectivity index (χ1n) is 5.40. The molecule has 1 N–H and O–H groups in total. The van der Waals surface area contributed by atoms with Crippen LogP contribution < -0.4 is 14.8 Å². The van der Waals surface area contributed by atoms with E-state index >= 15 is 0 Å². The van der Waals surface area contributed by atoms with Crippen molar-refractivity contribution in [2.24, 2.45) is 0 Å². The number of nitrogens with one attached hydrogen (secondary N) is 1. The molecule has 1 atom stereocenters. The fraction of sp³-hybridized carbons (Fsp3) is 0.385. The minimum absolute atomic E-state index is 0.291. The molecule has 0 aliphatic carbocycles. The highest BCUT2D eigenvalue weighted by atomic mass is 35.5. The smallest absolute Gasteiger partial charge is 0.179 e. The zero-order valence-electron chi connectivity index (χ0n) is 10.6. The second-order valence-corrected chi connectivity index (χ2v) is 4.02. The number of halogens is 1. The van der Waals surface area contributed by atoms with Crippen molar-refractivity contribution in [1.29, 1.82) is 0 Å². The van der Waals surface area contributed by atoms with Gasteiger partial charge < -0.3 is 14.8 Å². The van der Waals surface area contributed by atoms with E-state index in [9.17, 15) is 0 Å². The topological polar surface area (TPSA) is 30.5 Å². The van der Waals surface area contributed by atoms with E-state index in [1.54, 1.807) is 14.2 Å². The highest BCUT2D eigenvalue weighted by molar-refractivity contribution is 6.33. The predicted molar refractivity (Wildman–Crippen MR) is 72.1 cm³/mol. The molecule has 0 fully saturated rings. The van der Waals surface area contributed by atoms with E-state index in [-0.39, 0.29) is 0 Å². The third kappa shape index (κ3) is 3.38. The molecule has 0 radical (unpaired) electrons. The van der Waals surface area contributed by atoms with Crippen LogP contribution in [-0.4, -0.2) is 27.3 Å². The van der Waals surface area contributed by atoms with Crippen LogP contribution in [0.1, 0.15) is 12.5 Å². The van der Waals surface area contributed by atoms with Crippen LogP contribution >= 0.6 is 11.6 Å². The summed E-state index contributed by atoms with van der Waals surface area (Å²) in [4.78, 5) is 0. The molecule has 0 aliphatic rings. The summed E-state index contributed by atoms with van der Waals surface area (Å²) < 4.78 is 10.4. The van der Waals surface area contributed by atoms with Crippen LogP contribution in [0.3, 0.4) is 0 Å². The number of likely N-dealkylation sites (N-methyl/N-ethyl adjacent to an activating group) is 1. The maximum absolute atomic E-state index is 6.24. The van der Waals surface area contributed by atoms with Crippen LogP contribution in [-0.2, 0) is 0 Å². The fourth-order valence-corrected chi connectivity index (χ4v) is 1.67. The Labute approximate surface area is 107 Å². The largest absolute Gasteiger partial charge is 0.493 e. The molecule has 0 spiro atoms. The summed E-state index contributed by atoms with van der Waals surface area (Å²) in [5.41, 5.74) is 0.909. The Morgan fingerprint density at radius 1 is 1.29 bits per heavy atom. The molecule has 3 nitrogen and oxygen atoms in total. The van der Waals surface area contributed by atoms with Crippen molar-refractivity contribution in [2.45, 2.75) is 13.0 Å². The van der Waals surface area contributed by atoms with Gasteiger partial charge in [0.05, 0.1) is 19.2 Å². The number of rotatable bonds is 5. The lowest BCUT2D eigenvalue weighted by Gasteiger charge is -2.11. The van der Waals surface area contributed by atoms with Crippen molar-refractivity contribution in [3.63, 3.8) is 0 Å². The third-order valence-electron chi connectivity index (χ3n) is 2.53. The van der Waals surface area contributed by atoms with Gasteiger partial charge in [-0.1, -0.05) is 23.8 Å². The standard InChI is InChI=1S/C13H18ClNO2/c1-9(15-2)5-6-10-7-8-11(16-3)13(17-4)12(10)14/h5-9,15H,1-4H3/b6-5+. The van der Waals surface area contributed by atoms with Crippen LogP contribution in [0, 0.1) is 0 Å². The zero-order valence-corrected chi connectivity index (χ0v) is 11.3. The molecule has 0 amide bonds. The van der Waals surface area contributed by atoms with Crippen LogP contribution in [0.2, 0.25) is 5.02 Å². The molecule has 94 valence electrons. The quantitative estimate of drug-likeness (QED) is 0.878. The highest BCUT2D eigenvalue weighted by Gasteiger charge is 2.11. The second kappa shape index (κ2) is 6.52. The first-order valence-corrected chi connectivity index (χ1v) is 5.77. The molecule has 1 rings (SSSR count). The summed E-state index contributed by atoms with van der Waals surface area (Å²) in [6.07, 6.45) is 4.00. The molecule has 17 heavy (non-hydrogen) atoms. The zero-order chi connectivity index (χ0) is 12.8. The van der Waals surface area contributed by atoms with Gasteiger partial charge in [0.1, 0.15) is 0 Å². The SMILES string of the molecule is CNC(C)/C=C/c1ccc(OC)c(OC)c1Cl. The van der Waals surface area contributed by atoms with Crippen LogP contribution in [0.15, 0.2) is 18.2 Å². The summed E-state index contributed by atoms with van der Waals surface area (Å²) in [5, 5.41) is 3.68. The molecule has 1 unspecified atom stereocenters. The van der Waals surface area contributed by atoms with Gasteiger partial charge in [-0.15, -0.1) is 0 Å². The van der Waals surface area contributed by atoms with Crippen LogP contribution in [0.25, 0.3) is 6.08 Å². The Balaban J connectivity index is 3.06. The summed E-state index contributed by atoms with van der Waals surface area (Å²) >= 11 is 6.24. The van der Waals surface area contributed by atoms with Crippen molar-refractivity contribution >= 4 is 17.7 Å².